The highest BCUT2D eigenvalue weighted by atomic mass is 15.1. The molecule has 0 radical (unpaired) electrons. The largest absolute Gasteiger partial charge is 0.311 e. The third-order valence-electron chi connectivity index (χ3n) is 4.98. The molecule has 0 aromatic carbocycles. The van der Waals surface area contributed by atoms with Crippen LogP contribution in [-0.2, 0) is 0 Å². The Labute approximate surface area is 114 Å². The second kappa shape index (κ2) is 6.91. The average Bonchev–Trinajstić information content (AvgIpc) is 2.58. The fraction of sp³-hybridized carbons (Fsp3) is 1.00. The smallest absolute Gasteiger partial charge is 0.00823 e. The molecule has 2 rings (SSSR count). The van der Waals surface area contributed by atoms with Crippen molar-refractivity contribution in [2.45, 2.75) is 83.8 Å². The molecule has 0 aromatic heterocycles. The first-order chi connectivity index (χ1) is 8.65. The van der Waals surface area contributed by atoms with Crippen LogP contribution in [0.5, 0.6) is 0 Å². The van der Waals surface area contributed by atoms with Gasteiger partial charge in [0.1, 0.15) is 0 Å². The van der Waals surface area contributed by atoms with Gasteiger partial charge in [-0.05, 0) is 77.8 Å². The van der Waals surface area contributed by atoms with E-state index in [-0.39, 0.29) is 0 Å². The Morgan fingerprint density at radius 2 is 1.56 bits per heavy atom. The highest BCUT2D eigenvalue weighted by Gasteiger charge is 2.23. The molecule has 106 valence electrons. The van der Waals surface area contributed by atoms with Crippen molar-refractivity contribution < 1.29 is 0 Å². The van der Waals surface area contributed by atoms with E-state index in [9.17, 15) is 0 Å². The van der Waals surface area contributed by atoms with E-state index in [4.69, 9.17) is 0 Å². The van der Waals surface area contributed by atoms with Crippen LogP contribution in [0.15, 0.2) is 0 Å². The van der Waals surface area contributed by atoms with E-state index in [1.165, 1.54) is 58.0 Å². The van der Waals surface area contributed by atoms with Crippen molar-refractivity contribution in [1.82, 2.24) is 10.2 Å². The third kappa shape index (κ3) is 4.24. The molecule has 1 saturated carbocycles. The molecule has 1 aliphatic carbocycles. The molecule has 2 heteroatoms. The number of hydrogen-bond acceptors (Lipinski definition) is 2. The van der Waals surface area contributed by atoms with Gasteiger partial charge in [-0.2, -0.15) is 0 Å². The van der Waals surface area contributed by atoms with Gasteiger partial charge >= 0.3 is 0 Å². The summed E-state index contributed by atoms with van der Waals surface area (Å²) in [7, 11) is 0. The first kappa shape index (κ1) is 14.3. The fourth-order valence-corrected chi connectivity index (χ4v) is 3.56. The Balaban J connectivity index is 1.73. The highest BCUT2D eigenvalue weighted by molar-refractivity contribution is 4.82. The molecule has 0 aromatic rings. The van der Waals surface area contributed by atoms with E-state index >= 15 is 0 Å². The summed E-state index contributed by atoms with van der Waals surface area (Å²) < 4.78 is 0. The first-order valence-electron chi connectivity index (χ1n) is 8.15. The number of likely N-dealkylation sites (tertiary alicyclic amines) is 1. The predicted octanol–water partition coefficient (Wildman–Crippen LogP) is 3.42. The highest BCUT2D eigenvalue weighted by Crippen LogP contribution is 2.25. The van der Waals surface area contributed by atoms with E-state index in [1.807, 2.05) is 0 Å². The van der Waals surface area contributed by atoms with Gasteiger partial charge in [-0.1, -0.05) is 6.92 Å². The first-order valence-corrected chi connectivity index (χ1v) is 8.15. The molecule has 1 unspecified atom stereocenters. The Morgan fingerprint density at radius 1 is 0.889 bits per heavy atom. The quantitative estimate of drug-likeness (QED) is 0.828. The molecule has 0 spiro atoms. The Morgan fingerprint density at radius 3 is 2.22 bits per heavy atom. The summed E-state index contributed by atoms with van der Waals surface area (Å²) in [6.07, 6.45) is 9.79. The molecule has 1 atom stereocenters. The Bertz CT molecular complexity index is 231. The summed E-state index contributed by atoms with van der Waals surface area (Å²) in [6, 6.07) is 2.32. The summed E-state index contributed by atoms with van der Waals surface area (Å²) >= 11 is 0. The lowest BCUT2D eigenvalue weighted by atomic mass is 9.87. The molecule has 1 heterocycles. The number of nitrogens with zero attached hydrogens (tertiary/aromatic N) is 1. The van der Waals surface area contributed by atoms with Crippen LogP contribution in [0, 0.1) is 5.92 Å². The summed E-state index contributed by atoms with van der Waals surface area (Å²) in [6.45, 7) is 9.66. The SMILES string of the molecule is CC1CCC(NC2CCCN(C(C)C)CC2)CC1. The lowest BCUT2D eigenvalue weighted by molar-refractivity contribution is 0.225. The lowest BCUT2D eigenvalue weighted by Gasteiger charge is -2.31. The number of rotatable bonds is 3. The maximum Gasteiger partial charge on any atom is 0.00823 e. The van der Waals surface area contributed by atoms with E-state index in [2.05, 4.69) is 31.0 Å². The van der Waals surface area contributed by atoms with Crippen LogP contribution in [0.2, 0.25) is 0 Å². The number of nitrogens with one attached hydrogen (secondary N) is 1. The van der Waals surface area contributed by atoms with Gasteiger partial charge in [0.25, 0.3) is 0 Å². The van der Waals surface area contributed by atoms with E-state index in [1.54, 1.807) is 0 Å². The zero-order valence-corrected chi connectivity index (χ0v) is 12.6. The van der Waals surface area contributed by atoms with Gasteiger partial charge in [-0.15, -0.1) is 0 Å². The average molecular weight is 252 g/mol. The second-order valence-electron chi connectivity index (χ2n) is 6.88. The van der Waals surface area contributed by atoms with E-state index in [0.29, 0.717) is 0 Å². The van der Waals surface area contributed by atoms with Crippen LogP contribution in [0.1, 0.15) is 65.7 Å². The fourth-order valence-electron chi connectivity index (χ4n) is 3.56. The molecular formula is C16H32N2. The number of hydrogen-bond donors (Lipinski definition) is 1. The third-order valence-corrected chi connectivity index (χ3v) is 4.98. The standard InChI is InChI=1S/C16H32N2/c1-13(2)18-11-4-5-15(10-12-18)17-16-8-6-14(3)7-9-16/h13-17H,4-12H2,1-3H3. The van der Waals surface area contributed by atoms with Gasteiger partial charge in [0.2, 0.25) is 0 Å². The van der Waals surface area contributed by atoms with Gasteiger partial charge in [-0.3, -0.25) is 0 Å². The lowest BCUT2D eigenvalue weighted by Crippen LogP contribution is -2.41. The van der Waals surface area contributed by atoms with E-state index < -0.39 is 0 Å². The minimum Gasteiger partial charge on any atom is -0.311 e. The zero-order valence-electron chi connectivity index (χ0n) is 12.6. The maximum atomic E-state index is 3.95. The van der Waals surface area contributed by atoms with Crippen molar-refractivity contribution in [3.05, 3.63) is 0 Å². The van der Waals surface area contributed by atoms with Crippen LogP contribution < -0.4 is 5.32 Å². The van der Waals surface area contributed by atoms with Crippen molar-refractivity contribution in [1.29, 1.82) is 0 Å². The van der Waals surface area contributed by atoms with Crippen LogP contribution in [-0.4, -0.2) is 36.1 Å². The maximum absolute atomic E-state index is 3.95. The molecule has 2 nitrogen and oxygen atoms in total. The second-order valence-corrected chi connectivity index (χ2v) is 6.88. The minimum absolute atomic E-state index is 0.722. The zero-order chi connectivity index (χ0) is 13.0. The molecule has 18 heavy (non-hydrogen) atoms. The summed E-state index contributed by atoms with van der Waals surface area (Å²) in [5.41, 5.74) is 0. The van der Waals surface area contributed by atoms with Gasteiger partial charge < -0.3 is 10.2 Å². The molecule has 1 N–H and O–H groups in total. The Kier molecular flexibility index (Phi) is 5.50. The molecule has 0 bridgehead atoms. The minimum atomic E-state index is 0.722. The van der Waals surface area contributed by atoms with Gasteiger partial charge in [0, 0.05) is 18.1 Å². The Hall–Kier alpha value is -0.0800. The van der Waals surface area contributed by atoms with Crippen LogP contribution in [0.25, 0.3) is 0 Å². The van der Waals surface area contributed by atoms with Crippen LogP contribution >= 0.6 is 0 Å². The summed E-state index contributed by atoms with van der Waals surface area (Å²) in [5.74, 6) is 0.966. The molecule has 0 amide bonds. The van der Waals surface area contributed by atoms with Crippen LogP contribution in [0.4, 0.5) is 0 Å². The summed E-state index contributed by atoms with van der Waals surface area (Å²) in [5, 5.41) is 3.95. The molecular weight excluding hydrogens is 220 g/mol. The normalized spacial score (nSPS) is 35.7. The molecule has 2 aliphatic rings. The van der Waals surface area contributed by atoms with E-state index in [0.717, 1.165) is 24.0 Å². The van der Waals surface area contributed by atoms with Crippen molar-refractivity contribution >= 4 is 0 Å². The predicted molar refractivity (Wildman–Crippen MR) is 78.9 cm³/mol. The topological polar surface area (TPSA) is 15.3 Å². The van der Waals surface area contributed by atoms with Gasteiger partial charge in [0.05, 0.1) is 0 Å². The van der Waals surface area contributed by atoms with Crippen molar-refractivity contribution in [2.24, 2.45) is 5.92 Å². The monoisotopic (exact) mass is 252 g/mol. The van der Waals surface area contributed by atoms with Gasteiger partial charge in [0.15, 0.2) is 0 Å². The van der Waals surface area contributed by atoms with Crippen molar-refractivity contribution in [3.8, 4) is 0 Å². The molecule has 1 saturated heterocycles. The van der Waals surface area contributed by atoms with Gasteiger partial charge in [-0.25, -0.2) is 0 Å². The van der Waals surface area contributed by atoms with Crippen molar-refractivity contribution in [3.63, 3.8) is 0 Å². The molecule has 1 aliphatic heterocycles. The summed E-state index contributed by atoms with van der Waals surface area (Å²) in [4.78, 5) is 2.64. The van der Waals surface area contributed by atoms with Crippen LogP contribution in [0.3, 0.4) is 0 Å². The van der Waals surface area contributed by atoms with Crippen molar-refractivity contribution in [2.75, 3.05) is 13.1 Å². The molecule has 2 fully saturated rings.